The number of aryl methyl sites for hydroxylation is 1. The summed E-state index contributed by atoms with van der Waals surface area (Å²) in [6.07, 6.45) is 6.29. The Morgan fingerprint density at radius 2 is 1.32 bits per heavy atom. The van der Waals surface area contributed by atoms with Gasteiger partial charge in [-0.15, -0.1) is 0 Å². The second-order valence-corrected chi connectivity index (χ2v) is 6.48. The van der Waals surface area contributed by atoms with Gasteiger partial charge in [-0.3, -0.25) is 0 Å². The minimum Gasteiger partial charge on any atom is -0.207 e. The molecule has 126 valence electrons. The van der Waals surface area contributed by atoms with Crippen molar-refractivity contribution >= 4 is 12.2 Å². The van der Waals surface area contributed by atoms with Crippen LogP contribution in [0, 0.1) is 5.82 Å². The van der Waals surface area contributed by atoms with E-state index in [2.05, 4.69) is 67.6 Å². The Bertz CT molecular complexity index is 799. The van der Waals surface area contributed by atoms with Crippen LogP contribution in [0.15, 0.2) is 78.9 Å². The number of rotatable bonds is 6. The monoisotopic (exact) mass is 330 g/mol. The van der Waals surface area contributed by atoms with E-state index in [9.17, 15) is 4.39 Å². The Morgan fingerprint density at radius 1 is 0.760 bits per heavy atom. The van der Waals surface area contributed by atoms with Crippen molar-refractivity contribution in [1.29, 1.82) is 0 Å². The van der Waals surface area contributed by atoms with Crippen molar-refractivity contribution in [2.75, 3.05) is 0 Å². The Labute approximate surface area is 149 Å². The Hall–Kier alpha value is -2.67. The average Bonchev–Trinajstić information content (AvgIpc) is 2.67. The van der Waals surface area contributed by atoms with Crippen LogP contribution in [-0.2, 0) is 6.42 Å². The molecule has 0 saturated carbocycles. The van der Waals surface area contributed by atoms with Crippen molar-refractivity contribution in [2.24, 2.45) is 0 Å². The van der Waals surface area contributed by atoms with Gasteiger partial charge < -0.3 is 0 Å². The molecule has 0 amide bonds. The fourth-order valence-corrected chi connectivity index (χ4v) is 2.89. The van der Waals surface area contributed by atoms with Crippen LogP contribution in [0.2, 0.25) is 0 Å². The quantitative estimate of drug-likeness (QED) is 0.439. The lowest BCUT2D eigenvalue weighted by Crippen LogP contribution is -1.96. The van der Waals surface area contributed by atoms with Crippen LogP contribution in [0.1, 0.15) is 41.5 Å². The summed E-state index contributed by atoms with van der Waals surface area (Å²) < 4.78 is 12.9. The maximum atomic E-state index is 12.9. The third kappa shape index (κ3) is 5.15. The molecule has 3 rings (SSSR count). The Morgan fingerprint density at radius 3 is 1.92 bits per heavy atom. The first-order valence-electron chi connectivity index (χ1n) is 8.78. The van der Waals surface area contributed by atoms with Gasteiger partial charge in [-0.1, -0.05) is 85.8 Å². The second-order valence-electron chi connectivity index (χ2n) is 6.48. The molecule has 0 radical (unpaired) electrons. The molecule has 0 bridgehead atoms. The maximum Gasteiger partial charge on any atom is 0.123 e. The van der Waals surface area contributed by atoms with Crippen LogP contribution in [0.25, 0.3) is 12.2 Å². The Balaban J connectivity index is 1.56. The van der Waals surface area contributed by atoms with Gasteiger partial charge in [0, 0.05) is 0 Å². The predicted molar refractivity (Wildman–Crippen MR) is 105 cm³/mol. The molecule has 1 heteroatoms. The van der Waals surface area contributed by atoms with Crippen LogP contribution >= 0.6 is 0 Å². The van der Waals surface area contributed by atoms with Gasteiger partial charge in [-0.25, -0.2) is 4.39 Å². The van der Waals surface area contributed by atoms with Crippen molar-refractivity contribution in [3.63, 3.8) is 0 Å². The highest BCUT2D eigenvalue weighted by Crippen LogP contribution is 2.21. The molecule has 0 aliphatic carbocycles. The van der Waals surface area contributed by atoms with E-state index in [0.717, 1.165) is 24.0 Å². The molecule has 0 aromatic heterocycles. The zero-order valence-electron chi connectivity index (χ0n) is 14.5. The largest absolute Gasteiger partial charge is 0.207 e. The molecular weight excluding hydrogens is 307 g/mol. The van der Waals surface area contributed by atoms with Crippen molar-refractivity contribution in [1.82, 2.24) is 0 Å². The highest BCUT2D eigenvalue weighted by Gasteiger charge is 2.05. The molecule has 0 aliphatic heterocycles. The molecular formula is C24H23F. The molecule has 25 heavy (non-hydrogen) atoms. The van der Waals surface area contributed by atoms with Crippen molar-refractivity contribution in [3.8, 4) is 0 Å². The first-order chi connectivity index (χ1) is 12.2. The summed E-state index contributed by atoms with van der Waals surface area (Å²) in [7, 11) is 0. The predicted octanol–water partition coefficient (Wildman–Crippen LogP) is 6.73. The third-order valence-corrected chi connectivity index (χ3v) is 4.55. The van der Waals surface area contributed by atoms with Gasteiger partial charge in [0.15, 0.2) is 0 Å². The van der Waals surface area contributed by atoms with Crippen molar-refractivity contribution < 1.29 is 4.39 Å². The lowest BCUT2D eigenvalue weighted by atomic mass is 9.94. The van der Waals surface area contributed by atoms with Gasteiger partial charge in [-0.2, -0.15) is 0 Å². The number of halogens is 1. The van der Waals surface area contributed by atoms with Crippen LogP contribution in [0.4, 0.5) is 4.39 Å². The van der Waals surface area contributed by atoms with Crippen LogP contribution in [0.3, 0.4) is 0 Å². The molecule has 0 spiro atoms. The fraction of sp³-hybridized carbons (Fsp3) is 0.167. The van der Waals surface area contributed by atoms with Gasteiger partial charge in [0.2, 0.25) is 0 Å². The molecule has 1 atom stereocenters. The fourth-order valence-electron chi connectivity index (χ4n) is 2.89. The minimum atomic E-state index is -0.203. The topological polar surface area (TPSA) is 0 Å². The van der Waals surface area contributed by atoms with Gasteiger partial charge in [0.05, 0.1) is 0 Å². The lowest BCUT2D eigenvalue weighted by Gasteiger charge is -2.11. The highest BCUT2D eigenvalue weighted by atomic mass is 19.1. The van der Waals surface area contributed by atoms with E-state index in [0.29, 0.717) is 5.92 Å². The van der Waals surface area contributed by atoms with E-state index >= 15 is 0 Å². The minimum absolute atomic E-state index is 0.203. The van der Waals surface area contributed by atoms with E-state index in [1.807, 2.05) is 6.08 Å². The third-order valence-electron chi connectivity index (χ3n) is 4.55. The first kappa shape index (κ1) is 17.2. The van der Waals surface area contributed by atoms with Crippen molar-refractivity contribution in [3.05, 3.63) is 107 Å². The van der Waals surface area contributed by atoms with E-state index in [1.165, 1.54) is 23.3 Å². The molecule has 3 aromatic carbocycles. The molecule has 0 N–H and O–H groups in total. The SMILES string of the molecule is CC(CCc1ccc(/C=C/c2ccc(F)cc2)cc1)c1ccccc1. The molecule has 3 aromatic rings. The zero-order valence-corrected chi connectivity index (χ0v) is 14.5. The molecule has 1 unspecified atom stereocenters. The first-order valence-corrected chi connectivity index (χ1v) is 8.78. The standard InChI is InChI=1S/C24H23F/c1-19(23-5-3-2-4-6-23)7-8-20-9-11-21(12-10-20)13-14-22-15-17-24(25)18-16-22/h2-6,9-19H,7-8H2,1H3/b14-13+. The smallest absolute Gasteiger partial charge is 0.123 e. The molecule has 0 aliphatic rings. The van der Waals surface area contributed by atoms with E-state index in [-0.39, 0.29) is 5.82 Å². The summed E-state index contributed by atoms with van der Waals surface area (Å²) in [5.41, 5.74) is 4.93. The number of hydrogen-bond acceptors (Lipinski definition) is 0. The number of hydrogen-bond donors (Lipinski definition) is 0. The second kappa shape index (κ2) is 8.43. The van der Waals surface area contributed by atoms with E-state index in [1.54, 1.807) is 12.1 Å². The lowest BCUT2D eigenvalue weighted by molar-refractivity contribution is 0.628. The van der Waals surface area contributed by atoms with Crippen LogP contribution < -0.4 is 0 Å². The highest BCUT2D eigenvalue weighted by molar-refractivity contribution is 5.69. The van der Waals surface area contributed by atoms with Crippen LogP contribution in [0.5, 0.6) is 0 Å². The molecule has 0 saturated heterocycles. The summed E-state index contributed by atoms with van der Waals surface area (Å²) >= 11 is 0. The van der Waals surface area contributed by atoms with E-state index < -0.39 is 0 Å². The summed E-state index contributed by atoms with van der Waals surface area (Å²) in [5, 5.41) is 0. The molecule has 0 fully saturated rings. The van der Waals surface area contributed by atoms with Gasteiger partial charge in [0.25, 0.3) is 0 Å². The van der Waals surface area contributed by atoms with Gasteiger partial charge in [-0.05, 0) is 53.1 Å². The summed E-state index contributed by atoms with van der Waals surface area (Å²) in [5.74, 6) is 0.366. The van der Waals surface area contributed by atoms with E-state index in [4.69, 9.17) is 0 Å². The average molecular weight is 330 g/mol. The molecule has 0 heterocycles. The molecule has 0 nitrogen and oxygen atoms in total. The van der Waals surface area contributed by atoms with Crippen LogP contribution in [-0.4, -0.2) is 0 Å². The number of benzene rings is 3. The summed E-state index contributed by atoms with van der Waals surface area (Å²) in [6.45, 7) is 2.29. The van der Waals surface area contributed by atoms with Crippen molar-refractivity contribution in [2.45, 2.75) is 25.7 Å². The normalized spacial score (nSPS) is 12.4. The maximum absolute atomic E-state index is 12.9. The van der Waals surface area contributed by atoms with Gasteiger partial charge >= 0.3 is 0 Å². The Kier molecular flexibility index (Phi) is 5.79. The van der Waals surface area contributed by atoms with Gasteiger partial charge in [0.1, 0.15) is 5.82 Å². The zero-order chi connectivity index (χ0) is 17.5. The summed E-state index contributed by atoms with van der Waals surface area (Å²) in [6, 6.07) is 25.9. The summed E-state index contributed by atoms with van der Waals surface area (Å²) in [4.78, 5) is 0.